The van der Waals surface area contributed by atoms with Gasteiger partial charge in [-0.2, -0.15) is 4.31 Å². The van der Waals surface area contributed by atoms with E-state index in [1.807, 2.05) is 60.7 Å². The van der Waals surface area contributed by atoms with Crippen LogP contribution in [0.15, 0.2) is 131 Å². The highest BCUT2D eigenvalue weighted by molar-refractivity contribution is 7.91. The predicted molar refractivity (Wildman–Crippen MR) is 175 cm³/mol. The molecule has 10 heteroatoms. The molecule has 0 saturated heterocycles. The quantitative estimate of drug-likeness (QED) is 0.156. The monoisotopic (exact) mass is 665 g/mol. The number of hydrogen-bond donors (Lipinski definition) is 1. The average Bonchev–Trinajstić information content (AvgIpc) is 3.03. The molecular formula is C34H29Cl2NO5S2. The molecule has 0 heterocycles. The molecule has 5 rings (SSSR count). The number of aromatic hydroxyl groups is 1. The van der Waals surface area contributed by atoms with Crippen molar-refractivity contribution in [1.29, 1.82) is 0 Å². The Bertz CT molecular complexity index is 1970. The van der Waals surface area contributed by atoms with Crippen LogP contribution in [0.3, 0.4) is 0 Å². The Balaban J connectivity index is 1.44. The number of halogens is 2. The van der Waals surface area contributed by atoms with E-state index in [4.69, 9.17) is 23.2 Å². The van der Waals surface area contributed by atoms with Crippen LogP contribution in [0, 0.1) is 0 Å². The first kappa shape index (κ1) is 31.8. The van der Waals surface area contributed by atoms with E-state index in [0.717, 1.165) is 22.3 Å². The summed E-state index contributed by atoms with van der Waals surface area (Å²) in [6.07, 6.45) is 0.253. The fraction of sp³-hybridized carbons (Fsp3) is 0.118. The highest BCUT2D eigenvalue weighted by Crippen LogP contribution is 2.36. The van der Waals surface area contributed by atoms with Crippen molar-refractivity contribution in [3.05, 3.63) is 148 Å². The molecule has 0 amide bonds. The van der Waals surface area contributed by atoms with Gasteiger partial charge in [0.05, 0.1) is 15.7 Å². The van der Waals surface area contributed by atoms with Crippen molar-refractivity contribution in [2.45, 2.75) is 29.3 Å². The van der Waals surface area contributed by atoms with Crippen molar-refractivity contribution < 1.29 is 21.9 Å². The smallest absolute Gasteiger partial charge is 0.247 e. The third-order valence-corrected chi connectivity index (χ3v) is 11.2. The Labute approximate surface area is 268 Å². The number of rotatable bonds is 11. The highest BCUT2D eigenvalue weighted by Gasteiger charge is 2.29. The lowest BCUT2D eigenvalue weighted by atomic mass is 10.0. The molecule has 5 aromatic carbocycles. The number of nitrogens with zero attached hydrogens (tertiary/aromatic N) is 1. The number of hydrogen-bond acceptors (Lipinski definition) is 5. The lowest BCUT2D eigenvalue weighted by Gasteiger charge is -2.24. The second kappa shape index (κ2) is 13.5. The van der Waals surface area contributed by atoms with Crippen LogP contribution in [0.1, 0.15) is 16.7 Å². The largest absolute Gasteiger partial charge is 0.505 e. The number of phenolic OH excluding ortho intramolecular Hbond substituents is 1. The Morgan fingerprint density at radius 1 is 0.614 bits per heavy atom. The van der Waals surface area contributed by atoms with E-state index >= 15 is 0 Å². The maximum absolute atomic E-state index is 14.0. The number of phenols is 1. The van der Waals surface area contributed by atoms with Crippen LogP contribution in [0.25, 0.3) is 11.1 Å². The summed E-state index contributed by atoms with van der Waals surface area (Å²) in [6.45, 7) is -0.0563. The van der Waals surface area contributed by atoms with Crippen LogP contribution in [0.2, 0.25) is 10.0 Å². The van der Waals surface area contributed by atoms with Crippen molar-refractivity contribution in [1.82, 2.24) is 4.31 Å². The Kier molecular flexibility index (Phi) is 9.78. The summed E-state index contributed by atoms with van der Waals surface area (Å²) in [4.78, 5) is -0.146. The molecule has 0 spiro atoms. The molecule has 0 aliphatic heterocycles. The van der Waals surface area contributed by atoms with Gasteiger partial charge in [-0.05, 0) is 58.5 Å². The maximum atomic E-state index is 14.0. The van der Waals surface area contributed by atoms with Gasteiger partial charge >= 0.3 is 0 Å². The summed E-state index contributed by atoms with van der Waals surface area (Å²) in [5.74, 6) is -0.675. The first-order valence-corrected chi connectivity index (χ1v) is 17.6. The normalized spacial score (nSPS) is 12.0. The van der Waals surface area contributed by atoms with E-state index in [0.29, 0.717) is 5.56 Å². The minimum absolute atomic E-state index is 0.00636. The molecule has 0 fully saturated rings. The van der Waals surface area contributed by atoms with Crippen molar-refractivity contribution >= 4 is 43.1 Å². The fourth-order valence-electron chi connectivity index (χ4n) is 4.83. The Morgan fingerprint density at radius 3 is 1.89 bits per heavy atom. The van der Waals surface area contributed by atoms with E-state index in [1.54, 1.807) is 48.5 Å². The second-order valence-electron chi connectivity index (χ2n) is 10.3. The van der Waals surface area contributed by atoms with Gasteiger partial charge in [-0.1, -0.05) is 120 Å². The first-order valence-electron chi connectivity index (χ1n) is 13.7. The third-order valence-electron chi connectivity index (χ3n) is 7.14. The zero-order valence-corrected chi connectivity index (χ0v) is 26.6. The molecule has 5 aromatic rings. The second-order valence-corrected chi connectivity index (χ2v) is 15.1. The number of aryl methyl sites for hydroxylation is 1. The Morgan fingerprint density at radius 2 is 1.20 bits per heavy atom. The maximum Gasteiger partial charge on any atom is 0.247 e. The van der Waals surface area contributed by atoms with E-state index < -0.39 is 30.5 Å². The zero-order chi connectivity index (χ0) is 31.3. The summed E-state index contributed by atoms with van der Waals surface area (Å²) in [5.41, 5.74) is 4.15. The van der Waals surface area contributed by atoms with E-state index in [2.05, 4.69) is 0 Å². The fourth-order valence-corrected chi connectivity index (χ4v) is 8.30. The van der Waals surface area contributed by atoms with Gasteiger partial charge in [0.25, 0.3) is 0 Å². The lowest BCUT2D eigenvalue weighted by molar-refractivity contribution is 0.394. The molecule has 0 aliphatic rings. The summed E-state index contributed by atoms with van der Waals surface area (Å²) in [6, 6.07) is 35.3. The number of sulfonamides is 1. The minimum atomic E-state index is -4.30. The van der Waals surface area contributed by atoms with Crippen LogP contribution in [-0.2, 0) is 39.4 Å². The number of benzene rings is 5. The standard InChI is InChI=1S/C34H29Cl2NO5S2/c35-30-21-32(36)34(38)33(22-30)44(41,42)37(23-26-14-16-29(17-15-26)28-10-3-1-4-11-28)24-27-9-7-8-25(20-27)18-19-43(39,40)31-12-5-2-6-13-31/h1-17,20-22,38H,18-19,23-24H2. The van der Waals surface area contributed by atoms with E-state index in [-0.39, 0.29) is 40.2 Å². The molecular weight excluding hydrogens is 637 g/mol. The van der Waals surface area contributed by atoms with Crippen molar-refractivity contribution in [2.75, 3.05) is 5.75 Å². The van der Waals surface area contributed by atoms with Crippen LogP contribution in [0.4, 0.5) is 0 Å². The Hall–Kier alpha value is -3.66. The summed E-state index contributed by atoms with van der Waals surface area (Å²) in [5, 5.41) is 10.5. The predicted octanol–water partition coefficient (Wildman–Crippen LogP) is 7.77. The van der Waals surface area contributed by atoms with Crippen LogP contribution >= 0.6 is 23.2 Å². The van der Waals surface area contributed by atoms with E-state index in [9.17, 15) is 21.9 Å². The summed E-state index contributed by atoms with van der Waals surface area (Å²) < 4.78 is 54.9. The molecule has 1 N–H and O–H groups in total. The van der Waals surface area contributed by atoms with Gasteiger partial charge in [0.2, 0.25) is 10.0 Å². The first-order chi connectivity index (χ1) is 21.0. The van der Waals surface area contributed by atoms with E-state index in [1.165, 1.54) is 16.4 Å². The zero-order valence-electron chi connectivity index (χ0n) is 23.5. The van der Waals surface area contributed by atoms with Gasteiger partial charge in [0, 0.05) is 18.1 Å². The molecule has 0 radical (unpaired) electrons. The lowest BCUT2D eigenvalue weighted by Crippen LogP contribution is -2.30. The van der Waals surface area contributed by atoms with Gasteiger partial charge in [-0.15, -0.1) is 0 Å². The average molecular weight is 667 g/mol. The minimum Gasteiger partial charge on any atom is -0.505 e. The molecule has 0 aromatic heterocycles. The van der Waals surface area contributed by atoms with Crippen molar-refractivity contribution in [3.8, 4) is 16.9 Å². The van der Waals surface area contributed by atoms with Crippen LogP contribution in [-0.4, -0.2) is 32.0 Å². The number of sulfone groups is 1. The summed E-state index contributed by atoms with van der Waals surface area (Å²) >= 11 is 12.2. The molecule has 0 bridgehead atoms. The molecule has 44 heavy (non-hydrogen) atoms. The molecule has 226 valence electrons. The molecule has 6 nitrogen and oxygen atoms in total. The van der Waals surface area contributed by atoms with Gasteiger partial charge in [-0.25, -0.2) is 16.8 Å². The summed E-state index contributed by atoms with van der Waals surface area (Å²) in [7, 11) is -7.79. The van der Waals surface area contributed by atoms with Crippen LogP contribution in [0.5, 0.6) is 5.75 Å². The molecule has 0 saturated carbocycles. The van der Waals surface area contributed by atoms with Crippen molar-refractivity contribution in [3.63, 3.8) is 0 Å². The van der Waals surface area contributed by atoms with Gasteiger partial charge in [-0.3, -0.25) is 0 Å². The van der Waals surface area contributed by atoms with Gasteiger partial charge < -0.3 is 5.11 Å². The molecule has 0 unspecified atom stereocenters. The molecule has 0 atom stereocenters. The molecule has 0 aliphatic carbocycles. The van der Waals surface area contributed by atoms with Crippen molar-refractivity contribution in [2.24, 2.45) is 0 Å². The SMILES string of the molecule is O=S(=O)(CCc1cccc(CN(Cc2ccc(-c3ccccc3)cc2)S(=O)(=O)c2cc(Cl)cc(Cl)c2O)c1)c1ccccc1. The van der Waals surface area contributed by atoms with Gasteiger partial charge in [0.1, 0.15) is 4.90 Å². The highest BCUT2D eigenvalue weighted by atomic mass is 35.5. The third kappa shape index (κ3) is 7.52. The topological polar surface area (TPSA) is 91.8 Å². The van der Waals surface area contributed by atoms with Gasteiger partial charge in [0.15, 0.2) is 15.6 Å². The van der Waals surface area contributed by atoms with Crippen LogP contribution < -0.4 is 0 Å².